The largest absolute Gasteiger partial charge is 0.0871 e. The van der Waals surface area contributed by atoms with E-state index in [9.17, 15) is 0 Å². The van der Waals surface area contributed by atoms with Gasteiger partial charge in [-0.05, 0) is 31.9 Å². The lowest BCUT2D eigenvalue weighted by molar-refractivity contribution is 1.42. The normalized spacial score (nSPS) is 9.63. The summed E-state index contributed by atoms with van der Waals surface area (Å²) in [5, 5.41) is 0. The van der Waals surface area contributed by atoms with Crippen LogP contribution in [0.25, 0.3) is 12.2 Å². The smallest absolute Gasteiger partial charge is 0.0257 e. The molecule has 0 fully saturated rings. The third-order valence-electron chi connectivity index (χ3n) is 2.41. The van der Waals surface area contributed by atoms with Crippen molar-refractivity contribution in [3.63, 3.8) is 0 Å². The van der Waals surface area contributed by atoms with Crippen LogP contribution in [0.15, 0.2) is 72.3 Å². The van der Waals surface area contributed by atoms with Gasteiger partial charge in [0, 0.05) is 0 Å². The molecule has 0 aliphatic carbocycles. The Balaban J connectivity index is 0.000000191. The first-order valence-electron chi connectivity index (χ1n) is 6.60. The summed E-state index contributed by atoms with van der Waals surface area (Å²) in [4.78, 5) is 0. The monoisotopic (exact) mass is 250 g/mol. The Morgan fingerprint density at radius 2 is 1.21 bits per heavy atom. The summed E-state index contributed by atoms with van der Waals surface area (Å²) in [5.74, 6) is 0. The van der Waals surface area contributed by atoms with E-state index in [-0.39, 0.29) is 0 Å². The second-order valence-electron chi connectivity index (χ2n) is 4.54. The highest BCUT2D eigenvalue weighted by molar-refractivity contribution is 5.51. The molecule has 0 amide bonds. The molecule has 0 aliphatic heterocycles. The Morgan fingerprint density at radius 3 is 1.63 bits per heavy atom. The first-order chi connectivity index (χ1) is 9.22. The third-order valence-corrected chi connectivity index (χ3v) is 2.41. The van der Waals surface area contributed by atoms with Gasteiger partial charge < -0.3 is 0 Å². The molecule has 0 saturated heterocycles. The van der Waals surface area contributed by atoms with Crippen LogP contribution in [0.1, 0.15) is 31.9 Å². The van der Waals surface area contributed by atoms with Crippen molar-refractivity contribution >= 4 is 12.2 Å². The van der Waals surface area contributed by atoms with Crippen molar-refractivity contribution in [3.8, 4) is 0 Å². The van der Waals surface area contributed by atoms with E-state index in [4.69, 9.17) is 0 Å². The molecular weight excluding hydrogens is 228 g/mol. The number of hydrogen-bond donors (Lipinski definition) is 0. The van der Waals surface area contributed by atoms with Crippen LogP contribution in [0, 0.1) is 0 Å². The lowest BCUT2D eigenvalue weighted by atomic mass is 10.2. The van der Waals surface area contributed by atoms with Crippen molar-refractivity contribution < 1.29 is 0 Å². The molecule has 2 aromatic carbocycles. The summed E-state index contributed by atoms with van der Waals surface area (Å²) in [5.41, 5.74) is 3.88. The molecule has 0 aliphatic rings. The number of benzene rings is 2. The van der Waals surface area contributed by atoms with E-state index in [1.54, 1.807) is 0 Å². The lowest BCUT2D eigenvalue weighted by Crippen LogP contribution is -1.69. The Morgan fingerprint density at radius 1 is 0.737 bits per heavy atom. The molecule has 0 saturated carbocycles. The van der Waals surface area contributed by atoms with Crippen LogP contribution in [0.2, 0.25) is 0 Å². The Kier molecular flexibility index (Phi) is 7.04. The number of allylic oxidation sites excluding steroid dienone is 2. The maximum atomic E-state index is 2.17. The molecule has 0 aromatic heterocycles. The molecule has 0 unspecified atom stereocenters. The van der Waals surface area contributed by atoms with E-state index >= 15 is 0 Å². The molecule has 0 bridgehead atoms. The minimum Gasteiger partial charge on any atom is -0.0871 e. The molecule has 0 heteroatoms. The van der Waals surface area contributed by atoms with Gasteiger partial charge in [0.05, 0.1) is 0 Å². The molecule has 19 heavy (non-hydrogen) atoms. The van der Waals surface area contributed by atoms with E-state index in [0.717, 1.165) is 0 Å². The van der Waals surface area contributed by atoms with E-state index in [1.807, 2.05) is 37.3 Å². The molecule has 0 N–H and O–H groups in total. The van der Waals surface area contributed by atoms with E-state index < -0.39 is 0 Å². The van der Waals surface area contributed by atoms with Crippen molar-refractivity contribution in [2.24, 2.45) is 0 Å². The highest BCUT2D eigenvalue weighted by Gasteiger charge is 1.82. The minimum atomic E-state index is 1.26. The fourth-order valence-electron chi connectivity index (χ4n) is 1.64. The van der Waals surface area contributed by atoms with E-state index in [2.05, 4.69) is 62.4 Å². The molecule has 0 spiro atoms. The number of rotatable bonds is 2. The van der Waals surface area contributed by atoms with Gasteiger partial charge in [-0.1, -0.05) is 84.5 Å². The Bertz CT molecular complexity index is 500. The minimum absolute atomic E-state index is 1.26. The fourth-order valence-corrected chi connectivity index (χ4v) is 1.64. The van der Waals surface area contributed by atoms with Crippen molar-refractivity contribution in [2.45, 2.75) is 20.8 Å². The topological polar surface area (TPSA) is 0 Å². The van der Waals surface area contributed by atoms with Crippen LogP contribution in [0.4, 0.5) is 0 Å². The summed E-state index contributed by atoms with van der Waals surface area (Å²) in [7, 11) is 0. The standard InChI is InChI=1S/C10H12.C9H10/c1-9(2)8-10-6-4-3-5-7-10;1-2-6-9-7-4-3-5-8-9/h3-8H,1-2H3;2-8H,1H3/b;6-2+. The van der Waals surface area contributed by atoms with E-state index in [0.29, 0.717) is 0 Å². The Hall–Kier alpha value is -2.08. The summed E-state index contributed by atoms with van der Waals surface area (Å²) < 4.78 is 0. The zero-order valence-electron chi connectivity index (χ0n) is 12.0. The van der Waals surface area contributed by atoms with Crippen molar-refractivity contribution in [2.75, 3.05) is 0 Å². The fraction of sp³-hybridized carbons (Fsp3) is 0.158. The zero-order chi connectivity index (χ0) is 13.9. The van der Waals surface area contributed by atoms with Gasteiger partial charge in [0.2, 0.25) is 0 Å². The second kappa shape index (κ2) is 8.93. The van der Waals surface area contributed by atoms with Crippen LogP contribution in [0.5, 0.6) is 0 Å². The van der Waals surface area contributed by atoms with Gasteiger partial charge in [-0.3, -0.25) is 0 Å². The third kappa shape index (κ3) is 7.05. The van der Waals surface area contributed by atoms with Gasteiger partial charge in [-0.25, -0.2) is 0 Å². The molecule has 0 heterocycles. The van der Waals surface area contributed by atoms with Crippen LogP contribution in [0.3, 0.4) is 0 Å². The quantitative estimate of drug-likeness (QED) is 0.629. The van der Waals surface area contributed by atoms with E-state index in [1.165, 1.54) is 16.7 Å². The molecule has 98 valence electrons. The molecule has 0 atom stereocenters. The first kappa shape index (κ1) is 15.0. The van der Waals surface area contributed by atoms with Crippen LogP contribution in [-0.4, -0.2) is 0 Å². The predicted molar refractivity (Wildman–Crippen MR) is 86.9 cm³/mol. The summed E-state index contributed by atoms with van der Waals surface area (Å²) in [6, 6.07) is 20.6. The summed E-state index contributed by atoms with van der Waals surface area (Å²) in [6.07, 6.45) is 6.29. The first-order valence-corrected chi connectivity index (χ1v) is 6.60. The van der Waals surface area contributed by atoms with Gasteiger partial charge in [0.25, 0.3) is 0 Å². The highest BCUT2D eigenvalue weighted by Crippen LogP contribution is 2.04. The molecular formula is C19H22. The van der Waals surface area contributed by atoms with Crippen molar-refractivity contribution in [3.05, 3.63) is 83.4 Å². The summed E-state index contributed by atoms with van der Waals surface area (Å²) in [6.45, 7) is 6.23. The SMILES string of the molecule is C/C=C/c1ccccc1.CC(C)=Cc1ccccc1. The molecule has 0 nitrogen and oxygen atoms in total. The zero-order valence-corrected chi connectivity index (χ0v) is 12.0. The molecule has 2 aromatic rings. The maximum absolute atomic E-state index is 2.17. The lowest BCUT2D eigenvalue weighted by Gasteiger charge is -1.91. The average molecular weight is 250 g/mol. The predicted octanol–water partition coefficient (Wildman–Crippen LogP) is 5.83. The van der Waals surface area contributed by atoms with Crippen molar-refractivity contribution in [1.82, 2.24) is 0 Å². The van der Waals surface area contributed by atoms with Crippen LogP contribution in [-0.2, 0) is 0 Å². The van der Waals surface area contributed by atoms with Crippen molar-refractivity contribution in [1.29, 1.82) is 0 Å². The van der Waals surface area contributed by atoms with Crippen LogP contribution < -0.4 is 0 Å². The summed E-state index contributed by atoms with van der Waals surface area (Å²) >= 11 is 0. The van der Waals surface area contributed by atoms with Gasteiger partial charge in [-0.15, -0.1) is 0 Å². The molecule has 0 radical (unpaired) electrons. The average Bonchev–Trinajstić information content (AvgIpc) is 2.41. The highest BCUT2D eigenvalue weighted by atomic mass is 13.9. The Labute approximate surface area is 117 Å². The van der Waals surface area contributed by atoms with Gasteiger partial charge in [0.15, 0.2) is 0 Å². The second-order valence-corrected chi connectivity index (χ2v) is 4.54. The van der Waals surface area contributed by atoms with Gasteiger partial charge in [0.1, 0.15) is 0 Å². The number of hydrogen-bond acceptors (Lipinski definition) is 0. The molecule has 2 rings (SSSR count). The van der Waals surface area contributed by atoms with Gasteiger partial charge in [-0.2, -0.15) is 0 Å². The van der Waals surface area contributed by atoms with Gasteiger partial charge >= 0.3 is 0 Å². The maximum Gasteiger partial charge on any atom is -0.0257 e. The van der Waals surface area contributed by atoms with Crippen LogP contribution >= 0.6 is 0 Å².